The van der Waals surface area contributed by atoms with Gasteiger partial charge in [0, 0.05) is 11.7 Å². The molecular formula is C12H14Cl2N2O2. The molecule has 1 heterocycles. The van der Waals surface area contributed by atoms with Gasteiger partial charge in [-0.1, -0.05) is 23.2 Å². The number of hydrogen-bond donors (Lipinski definition) is 2. The summed E-state index contributed by atoms with van der Waals surface area (Å²) in [4.78, 5) is 11.5. The Morgan fingerprint density at radius 2 is 2.28 bits per heavy atom. The van der Waals surface area contributed by atoms with Gasteiger partial charge in [0.15, 0.2) is 0 Å². The van der Waals surface area contributed by atoms with Crippen molar-refractivity contribution in [1.82, 2.24) is 5.32 Å². The molecule has 1 saturated heterocycles. The first kappa shape index (κ1) is 13.5. The molecule has 1 unspecified atom stereocenters. The second-order valence-electron chi connectivity index (χ2n) is 4.15. The van der Waals surface area contributed by atoms with E-state index in [9.17, 15) is 4.79 Å². The highest BCUT2D eigenvalue weighted by molar-refractivity contribution is 6.42. The zero-order valence-corrected chi connectivity index (χ0v) is 11.2. The van der Waals surface area contributed by atoms with Crippen molar-refractivity contribution in [1.29, 1.82) is 0 Å². The molecule has 1 aliphatic rings. The quantitative estimate of drug-likeness (QED) is 0.897. The molecule has 4 nitrogen and oxygen atoms in total. The van der Waals surface area contributed by atoms with Crippen molar-refractivity contribution in [3.8, 4) is 0 Å². The zero-order valence-electron chi connectivity index (χ0n) is 9.71. The standard InChI is InChI=1S/C12H14Cl2N2O2/c13-10-4-3-8(6-11(10)14)16-12(17)18-7-9-2-1-5-15-9/h3-4,6,9,15H,1-2,5,7H2,(H,16,17). The van der Waals surface area contributed by atoms with Gasteiger partial charge in [0.1, 0.15) is 6.61 Å². The van der Waals surface area contributed by atoms with Crippen LogP contribution in [0.4, 0.5) is 10.5 Å². The molecule has 0 spiro atoms. The van der Waals surface area contributed by atoms with Crippen LogP contribution in [0.3, 0.4) is 0 Å². The molecule has 2 N–H and O–H groups in total. The van der Waals surface area contributed by atoms with E-state index in [0.29, 0.717) is 22.3 Å². The fraction of sp³-hybridized carbons (Fsp3) is 0.417. The topological polar surface area (TPSA) is 50.4 Å². The highest BCUT2D eigenvalue weighted by Gasteiger charge is 2.16. The SMILES string of the molecule is O=C(Nc1ccc(Cl)c(Cl)c1)OCC1CCCN1. The van der Waals surface area contributed by atoms with Gasteiger partial charge in [0.25, 0.3) is 0 Å². The molecule has 2 rings (SSSR count). The third-order valence-corrected chi connectivity index (χ3v) is 3.48. The average molecular weight is 289 g/mol. The molecule has 0 aromatic heterocycles. The third-order valence-electron chi connectivity index (χ3n) is 2.74. The van der Waals surface area contributed by atoms with Crippen molar-refractivity contribution < 1.29 is 9.53 Å². The number of amides is 1. The molecule has 0 radical (unpaired) electrons. The minimum absolute atomic E-state index is 0.268. The van der Waals surface area contributed by atoms with Gasteiger partial charge in [-0.3, -0.25) is 5.32 Å². The summed E-state index contributed by atoms with van der Waals surface area (Å²) in [7, 11) is 0. The van der Waals surface area contributed by atoms with Crippen molar-refractivity contribution in [2.75, 3.05) is 18.5 Å². The summed E-state index contributed by atoms with van der Waals surface area (Å²) in [6.45, 7) is 1.37. The van der Waals surface area contributed by atoms with Crippen LogP contribution in [0.15, 0.2) is 18.2 Å². The molecule has 1 amide bonds. The Morgan fingerprint density at radius 3 is 2.94 bits per heavy atom. The van der Waals surface area contributed by atoms with E-state index in [0.717, 1.165) is 19.4 Å². The van der Waals surface area contributed by atoms with E-state index in [1.807, 2.05) is 0 Å². The van der Waals surface area contributed by atoms with Crippen LogP contribution in [0.2, 0.25) is 10.0 Å². The van der Waals surface area contributed by atoms with Crippen LogP contribution >= 0.6 is 23.2 Å². The van der Waals surface area contributed by atoms with E-state index in [1.54, 1.807) is 18.2 Å². The molecule has 98 valence electrons. The summed E-state index contributed by atoms with van der Waals surface area (Å²) in [6, 6.07) is 5.14. The summed E-state index contributed by atoms with van der Waals surface area (Å²) in [5.74, 6) is 0. The van der Waals surface area contributed by atoms with Crippen molar-refractivity contribution >= 4 is 35.0 Å². The Balaban J connectivity index is 1.80. The molecule has 1 atom stereocenters. The summed E-state index contributed by atoms with van der Waals surface area (Å²) >= 11 is 11.6. The van der Waals surface area contributed by atoms with Gasteiger partial charge in [-0.25, -0.2) is 4.79 Å². The number of hydrogen-bond acceptors (Lipinski definition) is 3. The second-order valence-corrected chi connectivity index (χ2v) is 4.96. The number of benzene rings is 1. The maximum Gasteiger partial charge on any atom is 0.411 e. The molecule has 1 aromatic rings. The number of carbonyl (C=O) groups excluding carboxylic acids is 1. The highest BCUT2D eigenvalue weighted by atomic mass is 35.5. The Morgan fingerprint density at radius 1 is 1.44 bits per heavy atom. The molecule has 0 bridgehead atoms. The number of carbonyl (C=O) groups is 1. The number of rotatable bonds is 3. The minimum Gasteiger partial charge on any atom is -0.448 e. The van der Waals surface area contributed by atoms with E-state index in [2.05, 4.69) is 10.6 Å². The maximum absolute atomic E-state index is 11.5. The fourth-order valence-electron chi connectivity index (χ4n) is 1.80. The van der Waals surface area contributed by atoms with Gasteiger partial charge in [0.05, 0.1) is 10.0 Å². The second kappa shape index (κ2) is 6.27. The van der Waals surface area contributed by atoms with Crippen LogP contribution in [0.1, 0.15) is 12.8 Å². The monoisotopic (exact) mass is 288 g/mol. The summed E-state index contributed by atoms with van der Waals surface area (Å²) in [6.07, 6.45) is 1.68. The molecule has 0 saturated carbocycles. The highest BCUT2D eigenvalue weighted by Crippen LogP contribution is 2.25. The first-order chi connectivity index (χ1) is 8.65. The van der Waals surface area contributed by atoms with Gasteiger partial charge in [-0.05, 0) is 37.6 Å². The van der Waals surface area contributed by atoms with Crippen LogP contribution in [-0.4, -0.2) is 25.3 Å². The van der Waals surface area contributed by atoms with Crippen molar-refractivity contribution in [2.24, 2.45) is 0 Å². The van der Waals surface area contributed by atoms with Crippen LogP contribution in [0.25, 0.3) is 0 Å². The smallest absolute Gasteiger partial charge is 0.411 e. The molecule has 1 aliphatic heterocycles. The lowest BCUT2D eigenvalue weighted by Crippen LogP contribution is -2.29. The van der Waals surface area contributed by atoms with Gasteiger partial charge >= 0.3 is 6.09 Å². The maximum atomic E-state index is 11.5. The number of nitrogens with one attached hydrogen (secondary N) is 2. The first-order valence-electron chi connectivity index (χ1n) is 5.77. The van der Waals surface area contributed by atoms with Crippen molar-refractivity contribution in [3.05, 3.63) is 28.2 Å². The van der Waals surface area contributed by atoms with Gasteiger partial charge in [-0.2, -0.15) is 0 Å². The normalized spacial score (nSPS) is 18.7. The molecule has 18 heavy (non-hydrogen) atoms. The predicted octanol–water partition coefficient (Wildman–Crippen LogP) is 3.29. The van der Waals surface area contributed by atoms with Crippen LogP contribution < -0.4 is 10.6 Å². The molecule has 0 aliphatic carbocycles. The Bertz CT molecular complexity index is 434. The first-order valence-corrected chi connectivity index (χ1v) is 6.53. The van der Waals surface area contributed by atoms with Gasteiger partial charge in [-0.15, -0.1) is 0 Å². The summed E-state index contributed by atoms with van der Waals surface area (Å²) in [5, 5.41) is 6.70. The molecule has 6 heteroatoms. The Hall–Kier alpha value is -0.970. The number of halogens is 2. The van der Waals surface area contributed by atoms with E-state index in [4.69, 9.17) is 27.9 Å². The fourth-order valence-corrected chi connectivity index (χ4v) is 2.10. The number of anilines is 1. The Kier molecular flexibility index (Phi) is 4.69. The largest absolute Gasteiger partial charge is 0.448 e. The van der Waals surface area contributed by atoms with E-state index in [-0.39, 0.29) is 6.04 Å². The zero-order chi connectivity index (χ0) is 13.0. The van der Waals surface area contributed by atoms with E-state index < -0.39 is 6.09 Å². The predicted molar refractivity (Wildman–Crippen MR) is 72.5 cm³/mol. The third kappa shape index (κ3) is 3.77. The van der Waals surface area contributed by atoms with Gasteiger partial charge in [0.2, 0.25) is 0 Å². The van der Waals surface area contributed by atoms with E-state index >= 15 is 0 Å². The number of ether oxygens (including phenoxy) is 1. The van der Waals surface area contributed by atoms with Crippen LogP contribution in [0.5, 0.6) is 0 Å². The lowest BCUT2D eigenvalue weighted by Gasteiger charge is -2.11. The van der Waals surface area contributed by atoms with E-state index in [1.165, 1.54) is 0 Å². The Labute approximate surface area is 116 Å². The lowest BCUT2D eigenvalue weighted by atomic mass is 10.2. The van der Waals surface area contributed by atoms with Crippen LogP contribution in [-0.2, 0) is 4.74 Å². The van der Waals surface area contributed by atoms with Crippen molar-refractivity contribution in [2.45, 2.75) is 18.9 Å². The summed E-state index contributed by atoms with van der Waals surface area (Å²) < 4.78 is 5.11. The lowest BCUT2D eigenvalue weighted by molar-refractivity contribution is 0.151. The average Bonchev–Trinajstić information content (AvgIpc) is 2.84. The summed E-state index contributed by atoms with van der Waals surface area (Å²) in [5.41, 5.74) is 0.564. The van der Waals surface area contributed by atoms with Gasteiger partial charge < -0.3 is 10.1 Å². The molecule has 1 fully saturated rings. The molecule has 1 aromatic carbocycles. The van der Waals surface area contributed by atoms with Crippen LogP contribution in [0, 0.1) is 0 Å². The minimum atomic E-state index is -0.484. The molecular weight excluding hydrogens is 275 g/mol. The van der Waals surface area contributed by atoms with Crippen molar-refractivity contribution in [3.63, 3.8) is 0 Å².